The van der Waals surface area contributed by atoms with Crippen LogP contribution in [0.5, 0.6) is 5.75 Å². The van der Waals surface area contributed by atoms with Gasteiger partial charge in [-0.15, -0.1) is 0 Å². The average Bonchev–Trinajstić information content (AvgIpc) is 2.17. The van der Waals surface area contributed by atoms with Gasteiger partial charge in [0.25, 0.3) is 0 Å². The van der Waals surface area contributed by atoms with Crippen LogP contribution >= 0.6 is 15.9 Å². The highest BCUT2D eigenvalue weighted by Crippen LogP contribution is 2.39. The van der Waals surface area contributed by atoms with E-state index < -0.39 is 0 Å². The number of fused-ring (bicyclic) bond motifs is 1. The molecule has 0 bridgehead atoms. The molecule has 0 aliphatic carbocycles. The molecule has 88 valence electrons. The minimum atomic E-state index is 0.217. The van der Waals surface area contributed by atoms with E-state index in [4.69, 9.17) is 4.74 Å². The second-order valence-electron chi connectivity index (χ2n) is 5.42. The van der Waals surface area contributed by atoms with E-state index in [9.17, 15) is 0 Å². The molecule has 1 heterocycles. The van der Waals surface area contributed by atoms with Gasteiger partial charge in [-0.2, -0.15) is 0 Å². The van der Waals surface area contributed by atoms with E-state index in [0.717, 1.165) is 16.8 Å². The summed E-state index contributed by atoms with van der Waals surface area (Å²) in [4.78, 5) is 2.32. The van der Waals surface area contributed by atoms with Crippen LogP contribution in [0.3, 0.4) is 0 Å². The Balaban J connectivity index is 2.38. The fraction of sp³-hybridized carbons (Fsp3) is 0.538. The van der Waals surface area contributed by atoms with Crippen molar-refractivity contribution in [2.45, 2.75) is 26.8 Å². The number of likely N-dealkylation sites (N-methyl/N-ethyl adjacent to an activating group) is 1. The summed E-state index contributed by atoms with van der Waals surface area (Å²) in [5.74, 6) is 0.978. The van der Waals surface area contributed by atoms with Gasteiger partial charge in [0.1, 0.15) is 12.4 Å². The van der Waals surface area contributed by atoms with Crippen molar-refractivity contribution >= 4 is 21.6 Å². The van der Waals surface area contributed by atoms with Gasteiger partial charge in [-0.25, -0.2) is 0 Å². The van der Waals surface area contributed by atoms with E-state index >= 15 is 0 Å². The van der Waals surface area contributed by atoms with Gasteiger partial charge in [-0.05, 0) is 23.6 Å². The number of benzene rings is 1. The Labute approximate surface area is 106 Å². The summed E-state index contributed by atoms with van der Waals surface area (Å²) < 4.78 is 6.92. The molecule has 0 amide bonds. The van der Waals surface area contributed by atoms with Crippen molar-refractivity contribution in [2.24, 2.45) is 5.41 Å². The molecule has 1 unspecified atom stereocenters. The van der Waals surface area contributed by atoms with Crippen LogP contribution < -0.4 is 9.64 Å². The third kappa shape index (κ3) is 2.05. The van der Waals surface area contributed by atoms with Crippen LogP contribution in [0.25, 0.3) is 0 Å². The molecule has 1 atom stereocenters. The summed E-state index contributed by atoms with van der Waals surface area (Å²) in [5, 5.41) is 0. The molecule has 1 aromatic carbocycles. The summed E-state index contributed by atoms with van der Waals surface area (Å²) in [7, 11) is 2.14. The second kappa shape index (κ2) is 3.95. The van der Waals surface area contributed by atoms with Crippen molar-refractivity contribution in [3.8, 4) is 5.75 Å². The topological polar surface area (TPSA) is 12.5 Å². The summed E-state index contributed by atoms with van der Waals surface area (Å²) >= 11 is 3.51. The fourth-order valence-electron chi connectivity index (χ4n) is 2.17. The van der Waals surface area contributed by atoms with Crippen LogP contribution in [0.15, 0.2) is 22.7 Å². The lowest BCUT2D eigenvalue weighted by molar-refractivity contribution is 0.185. The number of ether oxygens (including phenoxy) is 1. The lowest BCUT2D eigenvalue weighted by atomic mass is 9.85. The van der Waals surface area contributed by atoms with Crippen LogP contribution in [0.2, 0.25) is 0 Å². The molecule has 3 heteroatoms. The van der Waals surface area contributed by atoms with E-state index in [1.807, 2.05) is 12.1 Å². The molecule has 0 saturated heterocycles. The van der Waals surface area contributed by atoms with Gasteiger partial charge in [0.05, 0.1) is 11.7 Å². The van der Waals surface area contributed by atoms with Crippen LogP contribution in [0.4, 0.5) is 5.69 Å². The van der Waals surface area contributed by atoms with E-state index in [1.54, 1.807) is 0 Å². The molecular formula is C13H18BrNO. The van der Waals surface area contributed by atoms with E-state index in [2.05, 4.69) is 54.7 Å². The summed E-state index contributed by atoms with van der Waals surface area (Å²) in [5.41, 5.74) is 1.38. The predicted octanol–water partition coefficient (Wildman–Crippen LogP) is 3.69. The van der Waals surface area contributed by atoms with Gasteiger partial charge in [0.15, 0.2) is 0 Å². The van der Waals surface area contributed by atoms with E-state index in [0.29, 0.717) is 6.04 Å². The molecule has 2 nitrogen and oxygen atoms in total. The molecule has 2 rings (SSSR count). The van der Waals surface area contributed by atoms with Gasteiger partial charge in [0.2, 0.25) is 0 Å². The average molecular weight is 284 g/mol. The lowest BCUT2D eigenvalue weighted by Crippen LogP contribution is -2.48. The third-order valence-corrected chi connectivity index (χ3v) is 3.66. The van der Waals surface area contributed by atoms with Crippen molar-refractivity contribution in [2.75, 3.05) is 18.6 Å². The van der Waals surface area contributed by atoms with Crippen molar-refractivity contribution in [1.29, 1.82) is 0 Å². The quantitative estimate of drug-likeness (QED) is 0.720. The lowest BCUT2D eigenvalue weighted by Gasteiger charge is -2.43. The molecule has 0 fully saturated rings. The Kier molecular flexibility index (Phi) is 2.91. The van der Waals surface area contributed by atoms with Crippen molar-refractivity contribution in [3.05, 3.63) is 22.7 Å². The molecule has 0 saturated carbocycles. The first kappa shape index (κ1) is 11.8. The molecule has 0 N–H and O–H groups in total. The number of rotatable bonds is 0. The van der Waals surface area contributed by atoms with Gasteiger partial charge in [0, 0.05) is 11.5 Å². The Morgan fingerprint density at radius 3 is 2.69 bits per heavy atom. The van der Waals surface area contributed by atoms with Crippen LogP contribution in [-0.2, 0) is 0 Å². The Morgan fingerprint density at radius 2 is 2.06 bits per heavy atom. The van der Waals surface area contributed by atoms with E-state index in [1.165, 1.54) is 5.69 Å². The minimum Gasteiger partial charge on any atom is -0.489 e. The summed E-state index contributed by atoms with van der Waals surface area (Å²) in [6.07, 6.45) is 0. The highest BCUT2D eigenvalue weighted by molar-refractivity contribution is 9.10. The number of nitrogens with zero attached hydrogens (tertiary/aromatic N) is 1. The van der Waals surface area contributed by atoms with Crippen LogP contribution in [0.1, 0.15) is 20.8 Å². The van der Waals surface area contributed by atoms with Gasteiger partial charge < -0.3 is 9.64 Å². The molecular weight excluding hydrogens is 266 g/mol. The Bertz CT molecular complexity index is 397. The normalized spacial score (nSPS) is 20.3. The predicted molar refractivity (Wildman–Crippen MR) is 71.3 cm³/mol. The monoisotopic (exact) mass is 283 g/mol. The van der Waals surface area contributed by atoms with Crippen LogP contribution in [-0.4, -0.2) is 19.7 Å². The number of halogens is 1. The Hall–Kier alpha value is -0.700. The van der Waals surface area contributed by atoms with Crippen molar-refractivity contribution in [1.82, 2.24) is 0 Å². The molecule has 0 aromatic heterocycles. The zero-order chi connectivity index (χ0) is 11.9. The van der Waals surface area contributed by atoms with Gasteiger partial charge >= 0.3 is 0 Å². The first-order chi connectivity index (χ1) is 7.39. The van der Waals surface area contributed by atoms with E-state index in [-0.39, 0.29) is 5.41 Å². The van der Waals surface area contributed by atoms with Gasteiger partial charge in [-0.1, -0.05) is 36.7 Å². The fourth-order valence-corrected chi connectivity index (χ4v) is 2.52. The molecule has 1 aliphatic rings. The summed E-state index contributed by atoms with van der Waals surface area (Å²) in [6.45, 7) is 7.51. The zero-order valence-corrected chi connectivity index (χ0v) is 11.8. The zero-order valence-electron chi connectivity index (χ0n) is 10.2. The highest BCUT2D eigenvalue weighted by Gasteiger charge is 2.33. The first-order valence-electron chi connectivity index (χ1n) is 5.55. The molecule has 1 aliphatic heterocycles. The second-order valence-corrected chi connectivity index (χ2v) is 6.33. The summed E-state index contributed by atoms with van der Waals surface area (Å²) in [6, 6.07) is 6.57. The maximum Gasteiger partial charge on any atom is 0.142 e. The molecule has 0 spiro atoms. The van der Waals surface area contributed by atoms with Crippen LogP contribution in [0, 0.1) is 5.41 Å². The van der Waals surface area contributed by atoms with Crippen molar-refractivity contribution < 1.29 is 4.74 Å². The van der Waals surface area contributed by atoms with Gasteiger partial charge in [-0.3, -0.25) is 0 Å². The van der Waals surface area contributed by atoms with Crippen molar-refractivity contribution in [3.63, 3.8) is 0 Å². The smallest absolute Gasteiger partial charge is 0.142 e. The maximum atomic E-state index is 5.83. The third-order valence-electron chi connectivity index (χ3n) is 3.16. The standard InChI is InChI=1S/C13H18BrNO/c1-13(2,3)12-8-16-11-6-5-9(14)7-10(11)15(12)4/h5-7,12H,8H2,1-4H3. The largest absolute Gasteiger partial charge is 0.489 e. The Morgan fingerprint density at radius 1 is 1.38 bits per heavy atom. The maximum absolute atomic E-state index is 5.83. The number of anilines is 1. The highest BCUT2D eigenvalue weighted by atomic mass is 79.9. The number of hydrogen-bond acceptors (Lipinski definition) is 2. The minimum absolute atomic E-state index is 0.217. The molecule has 1 aromatic rings. The number of hydrogen-bond donors (Lipinski definition) is 0. The molecule has 16 heavy (non-hydrogen) atoms. The first-order valence-corrected chi connectivity index (χ1v) is 6.34. The SMILES string of the molecule is CN1c2cc(Br)ccc2OCC1C(C)(C)C. The molecule has 0 radical (unpaired) electrons.